The number of sulfonamides is 1. The number of aliphatic hydroxyl groups is 1. The van der Waals surface area contributed by atoms with Crippen molar-refractivity contribution in [3.8, 4) is 5.75 Å². The van der Waals surface area contributed by atoms with E-state index in [9.17, 15) is 13.5 Å². The molecule has 0 bridgehead atoms. The average molecular weight is 544 g/mol. The summed E-state index contributed by atoms with van der Waals surface area (Å²) in [5.41, 5.74) is 2.07. The van der Waals surface area contributed by atoms with Gasteiger partial charge in [0, 0.05) is 35.9 Å². The Bertz CT molecular complexity index is 1710. The fraction of sp³-hybridized carbons (Fsp3) is 0.290. The molecule has 5 aromatic rings. The van der Waals surface area contributed by atoms with Gasteiger partial charge in [-0.1, -0.05) is 54.6 Å². The molecule has 8 heteroatoms. The Morgan fingerprint density at radius 2 is 1.67 bits per heavy atom. The molecule has 1 atom stereocenters. The van der Waals surface area contributed by atoms with E-state index in [4.69, 9.17) is 4.74 Å². The van der Waals surface area contributed by atoms with E-state index in [0.29, 0.717) is 30.4 Å². The third-order valence-electron chi connectivity index (χ3n) is 7.67. The second-order valence-electron chi connectivity index (χ2n) is 10.3. The second-order valence-corrected chi connectivity index (χ2v) is 12.3. The van der Waals surface area contributed by atoms with Crippen LogP contribution in [0.5, 0.6) is 5.75 Å². The quantitative estimate of drug-likeness (QED) is 0.246. The summed E-state index contributed by atoms with van der Waals surface area (Å²) in [6.45, 7) is 2.34. The molecule has 6 rings (SSSR count). The Hall–Kier alpha value is -3.43. The Balaban J connectivity index is 0.980. The van der Waals surface area contributed by atoms with Crippen LogP contribution in [0.15, 0.2) is 89.8 Å². The summed E-state index contributed by atoms with van der Waals surface area (Å²) in [5.74, 6) is 1.12. The van der Waals surface area contributed by atoms with Gasteiger partial charge >= 0.3 is 0 Å². The van der Waals surface area contributed by atoms with Crippen molar-refractivity contribution in [3.63, 3.8) is 0 Å². The lowest BCUT2D eigenvalue weighted by Crippen LogP contribution is -2.42. The molecule has 0 saturated carbocycles. The van der Waals surface area contributed by atoms with Crippen LogP contribution in [-0.4, -0.2) is 61.7 Å². The molecular weight excluding hydrogens is 510 g/mol. The summed E-state index contributed by atoms with van der Waals surface area (Å²) < 4.78 is 34.1. The van der Waals surface area contributed by atoms with Crippen molar-refractivity contribution in [1.82, 2.24) is 14.6 Å². The number of aliphatic hydroxyl groups excluding tert-OH is 1. The maximum atomic E-state index is 13.2. The van der Waals surface area contributed by atoms with Gasteiger partial charge in [0.1, 0.15) is 18.5 Å². The van der Waals surface area contributed by atoms with E-state index in [2.05, 4.69) is 16.4 Å². The Morgan fingerprint density at radius 3 is 2.51 bits per heavy atom. The maximum Gasteiger partial charge on any atom is 0.243 e. The normalized spacial score (nSPS) is 16.2. The van der Waals surface area contributed by atoms with Crippen LogP contribution in [0.3, 0.4) is 0 Å². The van der Waals surface area contributed by atoms with Crippen LogP contribution < -0.4 is 10.1 Å². The zero-order chi connectivity index (χ0) is 26.8. The molecule has 1 saturated heterocycles. The molecule has 1 aliphatic heterocycles. The first-order valence-corrected chi connectivity index (χ1v) is 14.9. The number of aromatic nitrogens is 1. The number of aromatic amines is 1. The second kappa shape index (κ2) is 11.0. The number of nitrogens with zero attached hydrogens (tertiary/aromatic N) is 1. The van der Waals surface area contributed by atoms with E-state index in [1.54, 1.807) is 16.4 Å². The van der Waals surface area contributed by atoms with Gasteiger partial charge in [-0.25, -0.2) is 8.42 Å². The molecule has 1 fully saturated rings. The van der Waals surface area contributed by atoms with Crippen molar-refractivity contribution in [3.05, 3.63) is 84.9 Å². The van der Waals surface area contributed by atoms with Crippen molar-refractivity contribution < 1.29 is 18.3 Å². The third kappa shape index (κ3) is 5.38. The van der Waals surface area contributed by atoms with Gasteiger partial charge in [-0.05, 0) is 66.4 Å². The SMILES string of the molecule is O=S(=O)(c1ccc2ccccc2c1)N1CCC(CNC[C@H](O)COc2cccc3[nH]c4ccccc4c23)CC1. The number of nitrogens with one attached hydrogen (secondary N) is 2. The van der Waals surface area contributed by atoms with Gasteiger partial charge in [-0.15, -0.1) is 0 Å². The van der Waals surface area contributed by atoms with Gasteiger partial charge in [-0.3, -0.25) is 0 Å². The first-order chi connectivity index (χ1) is 19.0. The molecule has 1 aromatic heterocycles. The van der Waals surface area contributed by atoms with Crippen molar-refractivity contribution >= 4 is 42.6 Å². The van der Waals surface area contributed by atoms with Gasteiger partial charge in [0.2, 0.25) is 10.0 Å². The number of ether oxygens (including phenoxy) is 1. The zero-order valence-electron chi connectivity index (χ0n) is 21.7. The van der Waals surface area contributed by atoms with E-state index >= 15 is 0 Å². The lowest BCUT2D eigenvalue weighted by Gasteiger charge is -2.31. The number of fused-ring (bicyclic) bond motifs is 4. The van der Waals surface area contributed by atoms with Crippen LogP contribution >= 0.6 is 0 Å². The highest BCUT2D eigenvalue weighted by molar-refractivity contribution is 7.89. The van der Waals surface area contributed by atoms with Crippen molar-refractivity contribution in [2.75, 3.05) is 32.8 Å². The first-order valence-electron chi connectivity index (χ1n) is 13.5. The van der Waals surface area contributed by atoms with Crippen LogP contribution in [0.4, 0.5) is 0 Å². The van der Waals surface area contributed by atoms with E-state index in [1.165, 1.54) is 0 Å². The number of piperidine rings is 1. The van der Waals surface area contributed by atoms with Crippen molar-refractivity contribution in [2.45, 2.75) is 23.8 Å². The molecule has 0 amide bonds. The van der Waals surface area contributed by atoms with Gasteiger partial charge in [-0.2, -0.15) is 4.31 Å². The largest absolute Gasteiger partial charge is 0.490 e. The minimum atomic E-state index is -3.52. The van der Waals surface area contributed by atoms with E-state index in [1.807, 2.05) is 66.7 Å². The number of hydrogen-bond acceptors (Lipinski definition) is 5. The molecule has 39 heavy (non-hydrogen) atoms. The smallest absolute Gasteiger partial charge is 0.243 e. The highest BCUT2D eigenvalue weighted by atomic mass is 32.2. The number of hydrogen-bond donors (Lipinski definition) is 3. The van der Waals surface area contributed by atoms with Gasteiger partial charge in [0.05, 0.1) is 10.4 Å². The molecule has 0 spiro atoms. The molecule has 0 unspecified atom stereocenters. The van der Waals surface area contributed by atoms with E-state index < -0.39 is 16.1 Å². The molecule has 3 N–H and O–H groups in total. The molecule has 0 aliphatic carbocycles. The number of para-hydroxylation sites is 1. The Labute approximate surface area is 228 Å². The predicted octanol–water partition coefficient (Wildman–Crippen LogP) is 4.90. The molecule has 202 valence electrons. The summed E-state index contributed by atoms with van der Waals surface area (Å²) in [6.07, 6.45) is 0.919. The fourth-order valence-corrected chi connectivity index (χ4v) is 7.02. The minimum Gasteiger partial charge on any atom is -0.490 e. The lowest BCUT2D eigenvalue weighted by atomic mass is 9.98. The van der Waals surface area contributed by atoms with Crippen molar-refractivity contribution in [1.29, 1.82) is 0 Å². The highest BCUT2D eigenvalue weighted by Gasteiger charge is 2.29. The topological polar surface area (TPSA) is 94.7 Å². The highest BCUT2D eigenvalue weighted by Crippen LogP contribution is 2.33. The molecule has 7 nitrogen and oxygen atoms in total. The van der Waals surface area contributed by atoms with Gasteiger partial charge < -0.3 is 20.1 Å². The van der Waals surface area contributed by atoms with Gasteiger partial charge in [0.15, 0.2) is 0 Å². The lowest BCUT2D eigenvalue weighted by molar-refractivity contribution is 0.105. The third-order valence-corrected chi connectivity index (χ3v) is 9.56. The molecule has 1 aliphatic rings. The molecule has 0 radical (unpaired) electrons. The molecular formula is C31H33N3O4S. The standard InChI is InChI=1S/C31H33N3O4S/c35-25(21-38-30-11-5-10-29-31(30)27-8-3-4-9-28(27)33-29)20-32-19-22-14-16-34(17-15-22)39(36,37)26-13-12-23-6-1-2-7-24(23)18-26/h1-13,18,22,25,32-33,35H,14-17,19-21H2/t25-/m0/s1. The van der Waals surface area contributed by atoms with Crippen molar-refractivity contribution in [2.24, 2.45) is 5.92 Å². The van der Waals surface area contributed by atoms with Crippen LogP contribution in [0, 0.1) is 5.92 Å². The maximum absolute atomic E-state index is 13.2. The summed E-state index contributed by atoms with van der Waals surface area (Å²) in [5, 5.41) is 18.0. The van der Waals surface area contributed by atoms with E-state index in [0.717, 1.165) is 57.7 Å². The summed E-state index contributed by atoms with van der Waals surface area (Å²) >= 11 is 0. The van der Waals surface area contributed by atoms with Crippen LogP contribution in [0.1, 0.15) is 12.8 Å². The Morgan fingerprint density at radius 1 is 0.923 bits per heavy atom. The minimum absolute atomic E-state index is 0.189. The monoisotopic (exact) mass is 543 g/mol. The molecule has 2 heterocycles. The van der Waals surface area contributed by atoms with Crippen LogP contribution in [0.2, 0.25) is 0 Å². The van der Waals surface area contributed by atoms with Crippen LogP contribution in [0.25, 0.3) is 32.6 Å². The number of H-pyrrole nitrogens is 1. The molecule has 4 aromatic carbocycles. The summed E-state index contributed by atoms with van der Waals surface area (Å²) in [6, 6.07) is 27.2. The fourth-order valence-electron chi connectivity index (χ4n) is 5.52. The zero-order valence-corrected chi connectivity index (χ0v) is 22.5. The summed E-state index contributed by atoms with van der Waals surface area (Å²) in [7, 11) is -3.52. The van der Waals surface area contributed by atoms with Crippen LogP contribution in [-0.2, 0) is 10.0 Å². The summed E-state index contributed by atoms with van der Waals surface area (Å²) in [4.78, 5) is 3.76. The average Bonchev–Trinajstić information content (AvgIpc) is 3.35. The number of benzene rings is 4. The number of rotatable bonds is 9. The first kappa shape index (κ1) is 25.8. The predicted molar refractivity (Wildman–Crippen MR) is 156 cm³/mol. The Kier molecular flexibility index (Phi) is 7.27. The van der Waals surface area contributed by atoms with E-state index in [-0.39, 0.29) is 6.61 Å². The van der Waals surface area contributed by atoms with Gasteiger partial charge in [0.25, 0.3) is 0 Å².